The van der Waals surface area contributed by atoms with Crippen LogP contribution in [0.5, 0.6) is 0 Å². The number of amides is 3. The summed E-state index contributed by atoms with van der Waals surface area (Å²) in [5, 5.41) is 11.9. The number of hydrogen-bond donors (Lipinski definition) is 5. The molecule has 0 aliphatic carbocycles. The molecule has 1 rings (SSSR count). The summed E-state index contributed by atoms with van der Waals surface area (Å²) < 4.78 is 0. The first-order valence-corrected chi connectivity index (χ1v) is 8.85. The third-order valence-corrected chi connectivity index (χ3v) is 4.42. The van der Waals surface area contributed by atoms with Crippen LogP contribution in [0.3, 0.4) is 0 Å². The van der Waals surface area contributed by atoms with Crippen molar-refractivity contribution in [2.45, 2.75) is 63.1 Å². The molecule has 10 heteroatoms. The molecule has 1 aliphatic rings. The van der Waals surface area contributed by atoms with E-state index in [0.29, 0.717) is 45.2 Å². The largest absolute Gasteiger partial charge is 0.480 e. The van der Waals surface area contributed by atoms with Crippen LogP contribution in [0.1, 0.15) is 44.9 Å². The van der Waals surface area contributed by atoms with Gasteiger partial charge in [-0.1, -0.05) is 0 Å². The summed E-state index contributed by atoms with van der Waals surface area (Å²) in [6.07, 6.45) is 2.66. The lowest BCUT2D eigenvalue weighted by molar-refractivity contribution is -0.149. The minimum atomic E-state index is -1.05. The lowest BCUT2D eigenvalue weighted by Gasteiger charge is -2.28. The van der Waals surface area contributed by atoms with Crippen molar-refractivity contribution in [2.24, 2.45) is 17.2 Å². The van der Waals surface area contributed by atoms with E-state index in [1.807, 2.05) is 0 Å². The monoisotopic (exact) mass is 371 g/mol. The summed E-state index contributed by atoms with van der Waals surface area (Å²) in [6, 6.07) is -2.71. The molecule has 8 N–H and O–H groups in total. The van der Waals surface area contributed by atoms with Gasteiger partial charge < -0.3 is 32.5 Å². The van der Waals surface area contributed by atoms with Crippen molar-refractivity contribution in [3.8, 4) is 0 Å². The SMILES string of the molecule is NCCCCC(NC(=O)C(N)CCC(N)=O)C(=O)N1CCCC1C(=O)O. The number of nitrogens with zero attached hydrogens (tertiary/aromatic N) is 1. The molecule has 1 fully saturated rings. The van der Waals surface area contributed by atoms with Crippen molar-refractivity contribution in [1.82, 2.24) is 10.2 Å². The molecule has 0 spiro atoms. The van der Waals surface area contributed by atoms with E-state index in [-0.39, 0.29) is 12.8 Å². The standard InChI is InChI=1S/C16H29N5O5/c17-8-2-1-4-11(20-14(23)10(18)6-7-13(19)22)15(24)21-9-3-5-12(21)16(25)26/h10-12H,1-9,17-18H2,(H2,19,22)(H,20,23)(H,25,26). The van der Waals surface area contributed by atoms with Crippen molar-refractivity contribution >= 4 is 23.7 Å². The number of carboxylic acids is 1. The number of hydrogen-bond acceptors (Lipinski definition) is 6. The van der Waals surface area contributed by atoms with E-state index in [2.05, 4.69) is 5.32 Å². The second-order valence-electron chi connectivity index (χ2n) is 6.49. The molecule has 0 aromatic rings. The van der Waals surface area contributed by atoms with Crippen molar-refractivity contribution in [3.05, 3.63) is 0 Å². The first-order chi connectivity index (χ1) is 12.3. The first-order valence-electron chi connectivity index (χ1n) is 8.85. The van der Waals surface area contributed by atoms with Crippen LogP contribution < -0.4 is 22.5 Å². The number of carbonyl (C=O) groups excluding carboxylic acids is 3. The van der Waals surface area contributed by atoms with Gasteiger partial charge in [0.2, 0.25) is 17.7 Å². The number of carbonyl (C=O) groups is 4. The molecule has 1 saturated heterocycles. The second kappa shape index (κ2) is 10.7. The molecule has 0 radical (unpaired) electrons. The average molecular weight is 371 g/mol. The number of rotatable bonds is 11. The normalized spacial score (nSPS) is 19.0. The van der Waals surface area contributed by atoms with Gasteiger partial charge in [0.1, 0.15) is 12.1 Å². The van der Waals surface area contributed by atoms with Crippen molar-refractivity contribution < 1.29 is 24.3 Å². The first kappa shape index (κ1) is 21.8. The summed E-state index contributed by atoms with van der Waals surface area (Å²) in [4.78, 5) is 48.4. The van der Waals surface area contributed by atoms with Crippen molar-refractivity contribution in [1.29, 1.82) is 0 Å². The molecule has 148 valence electrons. The van der Waals surface area contributed by atoms with E-state index in [0.717, 1.165) is 0 Å². The van der Waals surface area contributed by atoms with E-state index >= 15 is 0 Å². The lowest BCUT2D eigenvalue weighted by atomic mass is 10.1. The third kappa shape index (κ3) is 6.60. The lowest BCUT2D eigenvalue weighted by Crippen LogP contribution is -2.54. The highest BCUT2D eigenvalue weighted by atomic mass is 16.4. The number of carboxylic acid groups (broad SMARTS) is 1. The van der Waals surface area contributed by atoms with Gasteiger partial charge in [0.15, 0.2) is 0 Å². The molecule has 3 atom stereocenters. The number of likely N-dealkylation sites (tertiary alicyclic amines) is 1. The smallest absolute Gasteiger partial charge is 0.326 e. The highest BCUT2D eigenvalue weighted by Crippen LogP contribution is 2.20. The molecule has 0 bridgehead atoms. The fourth-order valence-electron chi connectivity index (χ4n) is 2.95. The maximum atomic E-state index is 12.8. The van der Waals surface area contributed by atoms with E-state index in [4.69, 9.17) is 17.2 Å². The number of nitrogens with one attached hydrogen (secondary N) is 1. The Kier molecular flexibility index (Phi) is 9.00. The number of nitrogens with two attached hydrogens (primary N) is 3. The Balaban J connectivity index is 2.76. The molecule has 10 nitrogen and oxygen atoms in total. The topological polar surface area (TPSA) is 182 Å². The summed E-state index contributed by atoms with van der Waals surface area (Å²) >= 11 is 0. The maximum Gasteiger partial charge on any atom is 0.326 e. The minimum absolute atomic E-state index is 0.0341. The molecule has 3 amide bonds. The zero-order valence-corrected chi connectivity index (χ0v) is 14.9. The van der Waals surface area contributed by atoms with E-state index in [1.165, 1.54) is 4.90 Å². The number of aliphatic carboxylic acids is 1. The molecular weight excluding hydrogens is 342 g/mol. The zero-order valence-electron chi connectivity index (χ0n) is 14.9. The molecule has 0 aromatic carbocycles. The van der Waals surface area contributed by atoms with Gasteiger partial charge in [0.25, 0.3) is 0 Å². The number of unbranched alkanes of at least 4 members (excludes halogenated alkanes) is 1. The molecule has 1 heterocycles. The molecule has 0 saturated carbocycles. The minimum Gasteiger partial charge on any atom is -0.480 e. The van der Waals surface area contributed by atoms with E-state index in [9.17, 15) is 24.3 Å². The Morgan fingerprint density at radius 1 is 1.19 bits per heavy atom. The van der Waals surface area contributed by atoms with Crippen LogP contribution in [0.15, 0.2) is 0 Å². The third-order valence-electron chi connectivity index (χ3n) is 4.42. The quantitative estimate of drug-likeness (QED) is 0.267. The van der Waals surface area contributed by atoms with Crippen LogP contribution >= 0.6 is 0 Å². The Labute approximate surface area is 152 Å². The van der Waals surface area contributed by atoms with Crippen LogP contribution in [-0.4, -0.2) is 64.9 Å². The van der Waals surface area contributed by atoms with Gasteiger partial charge in [0, 0.05) is 13.0 Å². The molecule has 26 heavy (non-hydrogen) atoms. The second-order valence-corrected chi connectivity index (χ2v) is 6.49. The molecular formula is C16H29N5O5. The van der Waals surface area contributed by atoms with Gasteiger partial charge in [-0.15, -0.1) is 0 Å². The predicted molar refractivity (Wildman–Crippen MR) is 93.6 cm³/mol. The van der Waals surface area contributed by atoms with Gasteiger partial charge in [-0.25, -0.2) is 4.79 Å². The van der Waals surface area contributed by atoms with Gasteiger partial charge in [-0.2, -0.15) is 0 Å². The maximum absolute atomic E-state index is 12.8. The van der Waals surface area contributed by atoms with E-state index < -0.39 is 41.8 Å². The molecule has 3 unspecified atom stereocenters. The van der Waals surface area contributed by atoms with Gasteiger partial charge in [0.05, 0.1) is 6.04 Å². The van der Waals surface area contributed by atoms with Crippen LogP contribution in [0.2, 0.25) is 0 Å². The fraction of sp³-hybridized carbons (Fsp3) is 0.750. The predicted octanol–water partition coefficient (Wildman–Crippen LogP) is -1.73. The average Bonchev–Trinajstić information content (AvgIpc) is 3.08. The Morgan fingerprint density at radius 3 is 2.46 bits per heavy atom. The molecule has 1 aliphatic heterocycles. The molecule has 0 aromatic heterocycles. The van der Waals surface area contributed by atoms with Gasteiger partial charge in [-0.05, 0) is 45.1 Å². The van der Waals surface area contributed by atoms with Crippen molar-refractivity contribution in [3.63, 3.8) is 0 Å². The highest BCUT2D eigenvalue weighted by Gasteiger charge is 2.37. The summed E-state index contributed by atoms with van der Waals surface area (Å²) in [5.41, 5.74) is 16.3. The summed E-state index contributed by atoms with van der Waals surface area (Å²) in [6.45, 7) is 0.793. The zero-order chi connectivity index (χ0) is 19.7. The van der Waals surface area contributed by atoms with Crippen LogP contribution in [0.25, 0.3) is 0 Å². The Hall–Kier alpha value is -2.20. The fourth-order valence-corrected chi connectivity index (χ4v) is 2.95. The van der Waals surface area contributed by atoms with Crippen LogP contribution in [0.4, 0.5) is 0 Å². The highest BCUT2D eigenvalue weighted by molar-refractivity contribution is 5.92. The van der Waals surface area contributed by atoms with E-state index in [1.54, 1.807) is 0 Å². The summed E-state index contributed by atoms with van der Waals surface area (Å²) in [5.74, 6) is -2.61. The Morgan fingerprint density at radius 2 is 1.88 bits per heavy atom. The summed E-state index contributed by atoms with van der Waals surface area (Å²) in [7, 11) is 0. The van der Waals surface area contributed by atoms with Crippen molar-refractivity contribution in [2.75, 3.05) is 13.1 Å². The Bertz CT molecular complexity index is 527. The van der Waals surface area contributed by atoms with Crippen LogP contribution in [0, 0.1) is 0 Å². The van der Waals surface area contributed by atoms with Gasteiger partial charge >= 0.3 is 5.97 Å². The number of primary amides is 1. The van der Waals surface area contributed by atoms with Crippen LogP contribution in [-0.2, 0) is 19.2 Å². The van der Waals surface area contributed by atoms with Gasteiger partial charge in [-0.3, -0.25) is 14.4 Å².